The molecule has 0 fully saturated rings. The Morgan fingerprint density at radius 3 is 2.32 bits per heavy atom. The summed E-state index contributed by atoms with van der Waals surface area (Å²) in [5.74, 6) is -2.96. The van der Waals surface area contributed by atoms with Gasteiger partial charge < -0.3 is 0 Å². The first-order chi connectivity index (χ1) is 11.8. The quantitative estimate of drug-likeness (QED) is 0.477. The molecule has 0 atom stereocenters. The van der Waals surface area contributed by atoms with Gasteiger partial charge in [0.05, 0.1) is 21.3 Å². The Morgan fingerprint density at radius 2 is 1.72 bits per heavy atom. The van der Waals surface area contributed by atoms with Crippen LogP contribution >= 0.6 is 23.2 Å². The van der Waals surface area contributed by atoms with Gasteiger partial charge in [0, 0.05) is 5.56 Å². The third kappa shape index (κ3) is 4.74. The standard InChI is InChI=1S/C16H10Cl2F2N2O3/c1-8(9-5-6-12(19)13(20)7-9)22-25-16(24)21-15(23)14-10(17)3-2-4-11(14)18/h2-7H,1H3,(H,21,23,24). The van der Waals surface area contributed by atoms with E-state index < -0.39 is 23.6 Å². The molecule has 0 aliphatic heterocycles. The number of nitrogens with zero attached hydrogens (tertiary/aromatic N) is 1. The lowest BCUT2D eigenvalue weighted by atomic mass is 10.1. The molecule has 5 nitrogen and oxygen atoms in total. The van der Waals surface area contributed by atoms with Gasteiger partial charge in [0.1, 0.15) is 0 Å². The van der Waals surface area contributed by atoms with Crippen LogP contribution in [0.5, 0.6) is 0 Å². The van der Waals surface area contributed by atoms with Crippen molar-refractivity contribution in [3.05, 3.63) is 69.2 Å². The SMILES string of the molecule is CC(=NOC(=O)NC(=O)c1c(Cl)cccc1Cl)c1ccc(F)c(F)c1. The van der Waals surface area contributed by atoms with Gasteiger partial charge in [0.25, 0.3) is 5.91 Å². The highest BCUT2D eigenvalue weighted by molar-refractivity contribution is 6.40. The van der Waals surface area contributed by atoms with Crippen LogP contribution in [0.1, 0.15) is 22.8 Å². The van der Waals surface area contributed by atoms with Crippen LogP contribution in [0.3, 0.4) is 0 Å². The maximum absolute atomic E-state index is 13.2. The molecule has 25 heavy (non-hydrogen) atoms. The van der Waals surface area contributed by atoms with Gasteiger partial charge in [-0.25, -0.2) is 13.6 Å². The topological polar surface area (TPSA) is 67.8 Å². The highest BCUT2D eigenvalue weighted by Crippen LogP contribution is 2.23. The second-order valence-electron chi connectivity index (χ2n) is 4.74. The molecule has 0 bridgehead atoms. The van der Waals surface area contributed by atoms with Gasteiger partial charge in [-0.2, -0.15) is 0 Å². The molecule has 0 aliphatic carbocycles. The van der Waals surface area contributed by atoms with Gasteiger partial charge in [-0.1, -0.05) is 34.4 Å². The summed E-state index contributed by atoms with van der Waals surface area (Å²) in [6, 6.07) is 7.46. The van der Waals surface area contributed by atoms with Gasteiger partial charge in [0.15, 0.2) is 11.6 Å². The number of amides is 2. The molecule has 9 heteroatoms. The van der Waals surface area contributed by atoms with E-state index in [4.69, 9.17) is 23.2 Å². The summed E-state index contributed by atoms with van der Waals surface area (Å²) in [5, 5.41) is 5.46. The molecule has 0 spiro atoms. The molecular formula is C16H10Cl2F2N2O3. The van der Waals surface area contributed by atoms with Gasteiger partial charge in [-0.05, 0) is 37.3 Å². The fourth-order valence-corrected chi connectivity index (χ4v) is 2.35. The number of hydrogen-bond acceptors (Lipinski definition) is 4. The highest BCUT2D eigenvalue weighted by Gasteiger charge is 2.18. The van der Waals surface area contributed by atoms with Gasteiger partial charge in [0.2, 0.25) is 0 Å². The minimum absolute atomic E-state index is 0.0549. The first-order valence-electron chi connectivity index (χ1n) is 6.76. The van der Waals surface area contributed by atoms with E-state index in [0.717, 1.165) is 12.1 Å². The summed E-state index contributed by atoms with van der Waals surface area (Å²) in [7, 11) is 0. The zero-order chi connectivity index (χ0) is 18.6. The number of imide groups is 1. The van der Waals surface area contributed by atoms with Crippen molar-refractivity contribution in [2.75, 3.05) is 0 Å². The summed E-state index contributed by atoms with van der Waals surface area (Å²) in [6.07, 6.45) is -1.19. The van der Waals surface area contributed by atoms with Crippen molar-refractivity contribution in [3.63, 3.8) is 0 Å². The Kier molecular flexibility index (Phi) is 6.06. The minimum atomic E-state index is -1.19. The maximum Gasteiger partial charge on any atom is 0.440 e. The summed E-state index contributed by atoms with van der Waals surface area (Å²) in [6.45, 7) is 1.41. The largest absolute Gasteiger partial charge is 0.440 e. The summed E-state index contributed by atoms with van der Waals surface area (Å²) in [4.78, 5) is 28.1. The van der Waals surface area contributed by atoms with E-state index in [9.17, 15) is 18.4 Å². The number of hydrogen-bond donors (Lipinski definition) is 1. The lowest BCUT2D eigenvalue weighted by molar-refractivity contribution is 0.0923. The van der Waals surface area contributed by atoms with Crippen LogP contribution in [0.4, 0.5) is 13.6 Å². The van der Waals surface area contributed by atoms with Gasteiger partial charge >= 0.3 is 6.09 Å². The van der Waals surface area contributed by atoms with E-state index in [2.05, 4.69) is 9.99 Å². The molecule has 0 radical (unpaired) electrons. The molecule has 0 aliphatic rings. The second kappa shape index (κ2) is 8.04. The van der Waals surface area contributed by atoms with Crippen LogP contribution in [0.15, 0.2) is 41.6 Å². The van der Waals surface area contributed by atoms with E-state index in [1.807, 2.05) is 5.32 Å². The fourth-order valence-electron chi connectivity index (χ4n) is 1.78. The zero-order valence-electron chi connectivity index (χ0n) is 12.6. The molecule has 0 unspecified atom stereocenters. The van der Waals surface area contributed by atoms with Crippen molar-refractivity contribution in [2.24, 2.45) is 5.16 Å². The number of carbonyl (C=O) groups excluding carboxylic acids is 2. The van der Waals surface area contributed by atoms with E-state index in [-0.39, 0.29) is 26.9 Å². The van der Waals surface area contributed by atoms with Crippen molar-refractivity contribution < 1.29 is 23.2 Å². The number of oxime groups is 1. The number of carbonyl (C=O) groups is 2. The predicted octanol–water partition coefficient (Wildman–Crippen LogP) is 4.56. The lowest BCUT2D eigenvalue weighted by Crippen LogP contribution is -2.30. The van der Waals surface area contributed by atoms with Crippen molar-refractivity contribution in [2.45, 2.75) is 6.92 Å². The molecule has 1 N–H and O–H groups in total. The Labute approximate surface area is 151 Å². The Hall–Kier alpha value is -2.51. The minimum Gasteiger partial charge on any atom is -0.297 e. The van der Waals surface area contributed by atoms with Crippen LogP contribution in [0.2, 0.25) is 10.0 Å². The monoisotopic (exact) mass is 386 g/mol. The van der Waals surface area contributed by atoms with Crippen molar-refractivity contribution in [1.82, 2.24) is 5.32 Å². The van der Waals surface area contributed by atoms with Crippen molar-refractivity contribution in [1.29, 1.82) is 0 Å². The average molecular weight is 387 g/mol. The molecule has 2 aromatic carbocycles. The number of nitrogens with one attached hydrogen (secondary N) is 1. The molecule has 0 saturated carbocycles. The van der Waals surface area contributed by atoms with Crippen molar-refractivity contribution in [3.8, 4) is 0 Å². The number of benzene rings is 2. The van der Waals surface area contributed by atoms with Crippen LogP contribution in [-0.4, -0.2) is 17.7 Å². The average Bonchev–Trinajstić information content (AvgIpc) is 2.55. The van der Waals surface area contributed by atoms with Crippen molar-refractivity contribution >= 4 is 40.9 Å². The summed E-state index contributed by atoms with van der Waals surface area (Å²) >= 11 is 11.7. The molecule has 0 heterocycles. The highest BCUT2D eigenvalue weighted by atomic mass is 35.5. The molecule has 0 saturated heterocycles. The number of rotatable bonds is 3. The summed E-state index contributed by atoms with van der Waals surface area (Å²) < 4.78 is 26.0. The predicted molar refractivity (Wildman–Crippen MR) is 89.0 cm³/mol. The van der Waals surface area contributed by atoms with Crippen LogP contribution in [0, 0.1) is 11.6 Å². The molecule has 130 valence electrons. The van der Waals surface area contributed by atoms with E-state index in [1.54, 1.807) is 0 Å². The first-order valence-corrected chi connectivity index (χ1v) is 7.51. The van der Waals surface area contributed by atoms with Gasteiger partial charge in [-0.3, -0.25) is 14.9 Å². The molecular weight excluding hydrogens is 377 g/mol. The third-order valence-corrected chi connectivity index (χ3v) is 3.64. The maximum atomic E-state index is 13.2. The van der Waals surface area contributed by atoms with Crippen LogP contribution in [0.25, 0.3) is 0 Å². The molecule has 2 rings (SSSR count). The zero-order valence-corrected chi connectivity index (χ0v) is 14.2. The van der Waals surface area contributed by atoms with Crippen LogP contribution in [-0.2, 0) is 4.84 Å². The first kappa shape index (κ1) is 18.8. The van der Waals surface area contributed by atoms with E-state index in [1.165, 1.54) is 31.2 Å². The normalized spacial score (nSPS) is 11.2. The van der Waals surface area contributed by atoms with E-state index >= 15 is 0 Å². The summed E-state index contributed by atoms with van der Waals surface area (Å²) in [5.41, 5.74) is 0.202. The van der Waals surface area contributed by atoms with E-state index in [0.29, 0.717) is 0 Å². The molecule has 2 amide bonds. The fraction of sp³-hybridized carbons (Fsp3) is 0.0625. The Bertz CT molecular complexity index is 852. The Morgan fingerprint density at radius 1 is 1.08 bits per heavy atom. The second-order valence-corrected chi connectivity index (χ2v) is 5.55. The third-order valence-electron chi connectivity index (χ3n) is 3.01. The number of halogens is 4. The lowest BCUT2D eigenvalue weighted by Gasteiger charge is -2.06. The van der Waals surface area contributed by atoms with Crippen LogP contribution < -0.4 is 5.32 Å². The van der Waals surface area contributed by atoms with Gasteiger partial charge in [-0.15, -0.1) is 0 Å². The molecule has 0 aromatic heterocycles. The Balaban J connectivity index is 2.04. The smallest absolute Gasteiger partial charge is 0.297 e. The molecule has 2 aromatic rings.